The lowest BCUT2D eigenvalue weighted by Gasteiger charge is -2.14. The monoisotopic (exact) mass is 536 g/mol. The first-order valence-corrected chi connectivity index (χ1v) is 13.3. The van der Waals surface area contributed by atoms with Crippen molar-refractivity contribution < 1.29 is 35.3 Å². The molecule has 0 saturated heterocycles. The predicted octanol–water partition coefficient (Wildman–Crippen LogP) is 1.82. The molecule has 0 atom stereocenters. The zero-order valence-electron chi connectivity index (χ0n) is 20.2. The Labute approximate surface area is 209 Å². The van der Waals surface area contributed by atoms with Gasteiger partial charge in [-0.15, -0.1) is 0 Å². The lowest BCUT2D eigenvalue weighted by atomic mass is 10.3. The highest BCUT2D eigenvalue weighted by Crippen LogP contribution is 2.26. The molecule has 0 amide bonds. The number of nitrogens with zero attached hydrogens (tertiary/aromatic N) is 3. The van der Waals surface area contributed by atoms with Crippen LogP contribution in [0, 0.1) is 13.8 Å². The van der Waals surface area contributed by atoms with Gasteiger partial charge >= 0.3 is 26.0 Å². The van der Waals surface area contributed by atoms with Gasteiger partial charge in [0.15, 0.2) is 0 Å². The number of hydrogen-bond acceptors (Lipinski definition) is 9. The highest BCUT2D eigenvalue weighted by molar-refractivity contribution is 7.90. The molecule has 0 aliphatic carbocycles. The van der Waals surface area contributed by atoms with E-state index < -0.39 is 26.0 Å². The minimum absolute atomic E-state index is 0.0223. The standard InChI is InChI=1S/C22H25N5O7S2/c1-15-14-16(2)24-21(23-15)25-22(26-35(28,29)19-12-8-6-10-17(19)32-3)27(34-5)36(30,31)20-13-9-7-11-18(20)33-4/h6-14H,1-5H3,(H,23,24,25,26)/p+1. The van der Waals surface area contributed by atoms with Gasteiger partial charge in [0.25, 0.3) is 5.95 Å². The molecule has 0 radical (unpaired) electrons. The Morgan fingerprint density at radius 2 is 1.31 bits per heavy atom. The molecule has 192 valence electrons. The number of sulfonamides is 2. The van der Waals surface area contributed by atoms with Gasteiger partial charge in [0.05, 0.1) is 14.2 Å². The van der Waals surface area contributed by atoms with Gasteiger partial charge in [0.1, 0.15) is 28.4 Å². The molecule has 0 saturated carbocycles. The lowest BCUT2D eigenvalue weighted by Crippen LogP contribution is -2.45. The summed E-state index contributed by atoms with van der Waals surface area (Å²) in [7, 11) is -5.25. The third-order valence-electron chi connectivity index (χ3n) is 4.72. The number of ether oxygens (including phenoxy) is 2. The summed E-state index contributed by atoms with van der Waals surface area (Å²) in [4.78, 5) is 13.1. The summed E-state index contributed by atoms with van der Waals surface area (Å²) in [6.45, 7) is 3.41. The van der Waals surface area contributed by atoms with Crippen molar-refractivity contribution in [3.8, 4) is 11.5 Å². The maximum absolute atomic E-state index is 13.6. The Morgan fingerprint density at radius 1 is 0.806 bits per heavy atom. The Hall–Kier alpha value is -3.91. The molecular formula is C22H26N5O7S2+. The number of para-hydroxylation sites is 2. The predicted molar refractivity (Wildman–Crippen MR) is 131 cm³/mol. The van der Waals surface area contributed by atoms with Crippen LogP contribution in [0.25, 0.3) is 0 Å². The quantitative estimate of drug-likeness (QED) is 0.189. The highest BCUT2D eigenvalue weighted by Gasteiger charge is 2.36. The van der Waals surface area contributed by atoms with E-state index in [4.69, 9.17) is 14.3 Å². The van der Waals surface area contributed by atoms with Crippen molar-refractivity contribution >= 4 is 32.0 Å². The SMILES string of the molecule is COc1ccccc1S(=O)(=O)NC(Nc1nc(C)cc(C)n1)=[N+](OC)S(=O)(=O)c1ccccc1OC. The third kappa shape index (κ3) is 5.66. The van der Waals surface area contributed by atoms with Crippen LogP contribution in [-0.2, 0) is 24.9 Å². The first-order chi connectivity index (χ1) is 17.0. The first kappa shape index (κ1) is 26.7. The molecule has 2 N–H and O–H groups in total. The highest BCUT2D eigenvalue weighted by atomic mass is 32.2. The van der Waals surface area contributed by atoms with Gasteiger partial charge in [-0.3, -0.25) is 0 Å². The van der Waals surface area contributed by atoms with Crippen molar-refractivity contribution in [1.82, 2.24) is 14.7 Å². The Bertz CT molecular complexity index is 1490. The topological polar surface area (TPSA) is 149 Å². The van der Waals surface area contributed by atoms with Gasteiger partial charge in [0.2, 0.25) is 0 Å². The summed E-state index contributed by atoms with van der Waals surface area (Å²) >= 11 is 0. The average Bonchev–Trinajstić information content (AvgIpc) is 2.83. The smallest absolute Gasteiger partial charge is 0.421 e. The van der Waals surface area contributed by atoms with Gasteiger partial charge in [-0.2, -0.15) is 21.6 Å². The first-order valence-electron chi connectivity index (χ1n) is 10.4. The van der Waals surface area contributed by atoms with E-state index in [1.165, 1.54) is 50.6 Å². The van der Waals surface area contributed by atoms with E-state index in [0.29, 0.717) is 15.5 Å². The van der Waals surface area contributed by atoms with E-state index in [2.05, 4.69) is 20.0 Å². The van der Waals surface area contributed by atoms with Gasteiger partial charge in [-0.05, 0) is 44.2 Å². The molecule has 2 aromatic carbocycles. The third-order valence-corrected chi connectivity index (χ3v) is 7.76. The minimum Gasteiger partial charge on any atom is -0.495 e. The molecule has 0 spiro atoms. The van der Waals surface area contributed by atoms with E-state index >= 15 is 0 Å². The van der Waals surface area contributed by atoms with Crippen LogP contribution in [0.2, 0.25) is 0 Å². The van der Waals surface area contributed by atoms with Crippen molar-refractivity contribution in [3.63, 3.8) is 0 Å². The summed E-state index contributed by atoms with van der Waals surface area (Å²) in [5, 5.41) is 2.63. The Kier molecular flexibility index (Phi) is 8.00. The van der Waals surface area contributed by atoms with E-state index in [-0.39, 0.29) is 27.2 Å². The molecule has 3 aromatic rings. The maximum Gasteiger partial charge on any atom is 0.421 e. The van der Waals surface area contributed by atoms with Crippen molar-refractivity contribution in [3.05, 3.63) is 66.0 Å². The van der Waals surface area contributed by atoms with E-state index in [1.54, 1.807) is 32.0 Å². The van der Waals surface area contributed by atoms with Gasteiger partial charge in [0, 0.05) is 15.5 Å². The number of aryl methyl sites for hydroxylation is 2. The number of nitrogens with one attached hydrogen (secondary N) is 2. The maximum atomic E-state index is 13.6. The van der Waals surface area contributed by atoms with E-state index in [1.807, 2.05) is 0 Å². The molecule has 0 bridgehead atoms. The van der Waals surface area contributed by atoms with E-state index in [9.17, 15) is 16.8 Å². The molecule has 0 unspecified atom stereocenters. The summed E-state index contributed by atoms with van der Waals surface area (Å²) in [5.74, 6) is -0.612. The normalized spacial score (nSPS) is 12.4. The van der Waals surface area contributed by atoms with Crippen LogP contribution in [0.5, 0.6) is 11.5 Å². The number of hydrogen-bond donors (Lipinski definition) is 2. The number of aromatic nitrogens is 2. The second-order valence-corrected chi connectivity index (χ2v) is 10.6. The fraction of sp³-hybridized carbons (Fsp3) is 0.227. The Morgan fingerprint density at radius 3 is 1.83 bits per heavy atom. The van der Waals surface area contributed by atoms with Crippen molar-refractivity contribution in [2.75, 3.05) is 26.6 Å². The number of anilines is 1. The molecule has 14 heteroatoms. The summed E-state index contributed by atoms with van der Waals surface area (Å²) in [5.41, 5.74) is 1.13. The zero-order chi connectivity index (χ0) is 26.5. The summed E-state index contributed by atoms with van der Waals surface area (Å²) in [6.07, 6.45) is 0. The largest absolute Gasteiger partial charge is 0.495 e. The number of methoxy groups -OCH3 is 2. The van der Waals surface area contributed by atoms with Crippen LogP contribution in [0.1, 0.15) is 11.4 Å². The number of guanidine groups is 1. The zero-order valence-corrected chi connectivity index (χ0v) is 21.8. The van der Waals surface area contributed by atoms with Crippen LogP contribution in [0.15, 0.2) is 64.4 Å². The van der Waals surface area contributed by atoms with Crippen molar-refractivity contribution in [1.29, 1.82) is 0 Å². The average molecular weight is 537 g/mol. The molecule has 12 nitrogen and oxygen atoms in total. The van der Waals surface area contributed by atoms with Crippen LogP contribution >= 0.6 is 0 Å². The molecule has 0 aliphatic rings. The van der Waals surface area contributed by atoms with Gasteiger partial charge in [-0.25, -0.2) is 15.3 Å². The minimum atomic E-state index is -4.53. The second-order valence-electron chi connectivity index (χ2n) is 7.27. The lowest BCUT2D eigenvalue weighted by molar-refractivity contribution is -0.667. The fourth-order valence-electron chi connectivity index (χ4n) is 3.25. The van der Waals surface area contributed by atoms with Crippen LogP contribution < -0.4 is 19.5 Å². The second kappa shape index (κ2) is 10.8. The molecule has 1 aromatic heterocycles. The molecule has 0 fully saturated rings. The fourth-order valence-corrected chi connectivity index (χ4v) is 5.84. The van der Waals surface area contributed by atoms with Gasteiger partial charge < -0.3 is 14.3 Å². The molecule has 36 heavy (non-hydrogen) atoms. The van der Waals surface area contributed by atoms with Crippen LogP contribution in [-0.4, -0.2) is 58.2 Å². The number of benzene rings is 2. The molecule has 0 aliphatic heterocycles. The molecule has 1 heterocycles. The molecular weight excluding hydrogens is 510 g/mol. The number of rotatable bonds is 8. The Balaban J connectivity index is 2.25. The molecule has 3 rings (SSSR count). The van der Waals surface area contributed by atoms with Crippen LogP contribution in [0.3, 0.4) is 0 Å². The summed E-state index contributed by atoms with van der Waals surface area (Å²) in [6, 6.07) is 13.4. The van der Waals surface area contributed by atoms with Crippen LogP contribution in [0.4, 0.5) is 5.95 Å². The van der Waals surface area contributed by atoms with Gasteiger partial charge in [-0.1, -0.05) is 24.3 Å². The van der Waals surface area contributed by atoms with Crippen molar-refractivity contribution in [2.24, 2.45) is 0 Å². The summed E-state index contributed by atoms with van der Waals surface area (Å²) < 4.78 is 66.9. The van der Waals surface area contributed by atoms with Crippen molar-refractivity contribution in [2.45, 2.75) is 23.6 Å². The van der Waals surface area contributed by atoms with E-state index in [0.717, 1.165) is 7.11 Å².